The quantitative estimate of drug-likeness (QED) is 0.577. The van der Waals surface area contributed by atoms with Crippen molar-refractivity contribution in [1.29, 1.82) is 0 Å². The molecule has 0 saturated carbocycles. The van der Waals surface area contributed by atoms with Gasteiger partial charge in [-0.15, -0.1) is 0 Å². The van der Waals surface area contributed by atoms with E-state index in [1.165, 1.54) is 11.3 Å². The van der Waals surface area contributed by atoms with Gasteiger partial charge in [0.1, 0.15) is 0 Å². The number of nitrogens with one attached hydrogen (secondary N) is 1. The Balaban J connectivity index is 1.92. The van der Waals surface area contributed by atoms with Crippen molar-refractivity contribution < 1.29 is 4.79 Å². The number of carbonyl (C=O) groups excluding carboxylic acids is 1. The maximum Gasteiger partial charge on any atom is 0.195 e. The molecule has 140 valence electrons. The van der Waals surface area contributed by atoms with Crippen LogP contribution in [0.4, 0.5) is 11.4 Å². The Hall–Kier alpha value is -2.70. The lowest BCUT2D eigenvalue weighted by Crippen LogP contribution is -2.22. The molecule has 2 heterocycles. The van der Waals surface area contributed by atoms with E-state index in [0.717, 1.165) is 24.3 Å². The second kappa shape index (κ2) is 8.79. The molecular formula is C21H24N4OS. The molecule has 3 N–H and O–H groups in total. The molecule has 0 aliphatic rings. The summed E-state index contributed by atoms with van der Waals surface area (Å²) in [6, 6.07) is 13.0. The largest absolute Gasteiger partial charge is 0.397 e. The van der Waals surface area contributed by atoms with E-state index in [9.17, 15) is 4.79 Å². The van der Waals surface area contributed by atoms with Gasteiger partial charge in [0.25, 0.3) is 0 Å². The fourth-order valence-corrected chi connectivity index (χ4v) is 3.57. The van der Waals surface area contributed by atoms with Crippen LogP contribution in [0.5, 0.6) is 0 Å². The van der Waals surface area contributed by atoms with Crippen molar-refractivity contribution in [3.8, 4) is 0 Å². The average molecular weight is 381 g/mol. The lowest BCUT2D eigenvalue weighted by atomic mass is 10.0. The minimum Gasteiger partial charge on any atom is -0.397 e. The van der Waals surface area contributed by atoms with Gasteiger partial charge < -0.3 is 16.0 Å². The first-order valence-corrected chi connectivity index (χ1v) is 9.78. The van der Waals surface area contributed by atoms with Gasteiger partial charge in [0, 0.05) is 28.4 Å². The highest BCUT2D eigenvalue weighted by Gasteiger charge is 2.20. The van der Waals surface area contributed by atoms with E-state index in [-0.39, 0.29) is 11.8 Å². The number of para-hydroxylation sites is 1. The summed E-state index contributed by atoms with van der Waals surface area (Å²) in [6.07, 6.45) is 2.56. The molecule has 6 heteroatoms. The van der Waals surface area contributed by atoms with Crippen LogP contribution in [0.2, 0.25) is 0 Å². The maximum absolute atomic E-state index is 12.9. The summed E-state index contributed by atoms with van der Waals surface area (Å²) in [7, 11) is 4.07. The molecule has 27 heavy (non-hydrogen) atoms. The molecule has 5 nitrogen and oxygen atoms in total. The first-order chi connectivity index (χ1) is 13.1. The number of benzene rings is 1. The molecule has 0 fully saturated rings. The normalized spacial score (nSPS) is 12.1. The van der Waals surface area contributed by atoms with Gasteiger partial charge in [0.2, 0.25) is 0 Å². The number of thiophene rings is 1. The van der Waals surface area contributed by atoms with Crippen LogP contribution < -0.4 is 11.1 Å². The number of pyridine rings is 1. The van der Waals surface area contributed by atoms with Crippen LogP contribution in [0.15, 0.2) is 59.4 Å². The third-order valence-corrected chi connectivity index (χ3v) is 5.03. The third kappa shape index (κ3) is 4.72. The Morgan fingerprint density at radius 3 is 2.74 bits per heavy atom. The van der Waals surface area contributed by atoms with Crippen LogP contribution in [-0.4, -0.2) is 36.3 Å². The second-order valence-corrected chi connectivity index (χ2v) is 7.43. The van der Waals surface area contributed by atoms with Crippen LogP contribution in [0.1, 0.15) is 34.1 Å². The van der Waals surface area contributed by atoms with Crippen molar-refractivity contribution >= 4 is 28.5 Å². The van der Waals surface area contributed by atoms with E-state index in [4.69, 9.17) is 5.73 Å². The first kappa shape index (κ1) is 19.1. The van der Waals surface area contributed by atoms with Crippen molar-refractivity contribution in [2.75, 3.05) is 31.7 Å². The van der Waals surface area contributed by atoms with Crippen LogP contribution in [-0.2, 0) is 0 Å². The zero-order chi connectivity index (χ0) is 19.2. The first-order valence-electron chi connectivity index (χ1n) is 8.84. The van der Waals surface area contributed by atoms with Gasteiger partial charge in [-0.2, -0.15) is 11.3 Å². The van der Waals surface area contributed by atoms with E-state index < -0.39 is 0 Å². The zero-order valence-electron chi connectivity index (χ0n) is 15.6. The maximum atomic E-state index is 12.9. The molecule has 0 spiro atoms. The lowest BCUT2D eigenvalue weighted by molar-refractivity contribution is 0.104. The number of nitrogens with zero attached hydrogens (tertiary/aromatic N) is 2. The van der Waals surface area contributed by atoms with Gasteiger partial charge in [-0.3, -0.25) is 9.78 Å². The van der Waals surface area contributed by atoms with Crippen molar-refractivity contribution in [2.45, 2.75) is 12.5 Å². The average Bonchev–Trinajstić information content (AvgIpc) is 3.20. The van der Waals surface area contributed by atoms with Crippen LogP contribution in [0.3, 0.4) is 0 Å². The van der Waals surface area contributed by atoms with Crippen molar-refractivity contribution in [3.63, 3.8) is 0 Å². The number of anilines is 2. The topological polar surface area (TPSA) is 71.2 Å². The second-order valence-electron chi connectivity index (χ2n) is 6.65. The van der Waals surface area contributed by atoms with E-state index in [1.54, 1.807) is 6.20 Å². The minimum absolute atomic E-state index is 0.0136. The van der Waals surface area contributed by atoms with Gasteiger partial charge in [-0.05, 0) is 62.8 Å². The van der Waals surface area contributed by atoms with Crippen molar-refractivity contribution in [3.05, 3.63) is 76.2 Å². The Labute approximate surface area is 163 Å². The highest BCUT2D eigenvalue weighted by molar-refractivity contribution is 7.08. The number of hydrogen-bond acceptors (Lipinski definition) is 6. The molecule has 0 aliphatic heterocycles. The van der Waals surface area contributed by atoms with E-state index in [1.807, 2.05) is 67.3 Å². The van der Waals surface area contributed by atoms with Crippen LogP contribution >= 0.6 is 11.3 Å². The number of rotatable bonds is 8. The minimum atomic E-state index is -0.0926. The fraction of sp³-hybridized carbons (Fsp3) is 0.238. The molecule has 2 aromatic heterocycles. The standard InChI is InChI=1S/C21H24N4OS/c1-25(2)12-9-19(20-17(22)7-5-11-23-20)24-18-8-4-3-6-16(18)21(26)15-10-13-27-14-15/h3-8,10-11,13-14,19,24H,9,12,22H2,1-2H3. The molecular weight excluding hydrogens is 356 g/mol. The number of hydrogen-bond donors (Lipinski definition) is 2. The molecule has 0 radical (unpaired) electrons. The number of aromatic nitrogens is 1. The monoisotopic (exact) mass is 380 g/mol. The molecule has 1 unspecified atom stereocenters. The number of ketones is 1. The summed E-state index contributed by atoms with van der Waals surface area (Å²) < 4.78 is 0. The Morgan fingerprint density at radius 2 is 2.04 bits per heavy atom. The summed E-state index contributed by atoms with van der Waals surface area (Å²) in [5.74, 6) is 0.0136. The SMILES string of the molecule is CN(C)CCC(Nc1ccccc1C(=O)c1ccsc1)c1ncccc1N. The van der Waals surface area contributed by atoms with E-state index >= 15 is 0 Å². The fourth-order valence-electron chi connectivity index (χ4n) is 2.93. The molecule has 0 amide bonds. The van der Waals surface area contributed by atoms with Gasteiger partial charge in [0.15, 0.2) is 5.78 Å². The van der Waals surface area contributed by atoms with Gasteiger partial charge in [0.05, 0.1) is 17.4 Å². The lowest BCUT2D eigenvalue weighted by Gasteiger charge is -2.23. The Kier molecular flexibility index (Phi) is 6.21. The molecule has 0 bridgehead atoms. The number of carbonyl (C=O) groups is 1. The number of nitrogens with two attached hydrogens (primary N) is 1. The van der Waals surface area contributed by atoms with Crippen molar-refractivity contribution in [1.82, 2.24) is 9.88 Å². The summed E-state index contributed by atoms with van der Waals surface area (Å²) in [5.41, 5.74) is 9.78. The van der Waals surface area contributed by atoms with Gasteiger partial charge in [-0.1, -0.05) is 12.1 Å². The summed E-state index contributed by atoms with van der Waals surface area (Å²) >= 11 is 1.52. The van der Waals surface area contributed by atoms with Crippen LogP contribution in [0, 0.1) is 0 Å². The molecule has 3 rings (SSSR count). The van der Waals surface area contributed by atoms with Gasteiger partial charge >= 0.3 is 0 Å². The van der Waals surface area contributed by atoms with Crippen LogP contribution in [0.25, 0.3) is 0 Å². The smallest absolute Gasteiger partial charge is 0.195 e. The third-order valence-electron chi connectivity index (χ3n) is 4.35. The predicted octanol–water partition coefficient (Wildman–Crippen LogP) is 4.06. The predicted molar refractivity (Wildman–Crippen MR) is 112 cm³/mol. The zero-order valence-corrected chi connectivity index (χ0v) is 16.4. The van der Waals surface area contributed by atoms with Gasteiger partial charge in [-0.25, -0.2) is 0 Å². The number of nitrogen functional groups attached to an aromatic ring is 1. The highest BCUT2D eigenvalue weighted by Crippen LogP contribution is 2.28. The van der Waals surface area contributed by atoms with E-state index in [2.05, 4.69) is 15.2 Å². The highest BCUT2D eigenvalue weighted by atomic mass is 32.1. The summed E-state index contributed by atoms with van der Waals surface area (Å²) in [6.45, 7) is 0.869. The van der Waals surface area contributed by atoms with E-state index in [0.29, 0.717) is 16.8 Å². The molecule has 1 atom stereocenters. The summed E-state index contributed by atoms with van der Waals surface area (Å²) in [5, 5.41) is 7.31. The summed E-state index contributed by atoms with van der Waals surface area (Å²) in [4.78, 5) is 19.5. The molecule has 0 saturated heterocycles. The molecule has 0 aliphatic carbocycles. The molecule has 1 aromatic carbocycles. The Morgan fingerprint density at radius 1 is 1.22 bits per heavy atom. The Bertz CT molecular complexity index is 893. The van der Waals surface area contributed by atoms with Crippen molar-refractivity contribution in [2.24, 2.45) is 0 Å². The molecule has 3 aromatic rings.